The van der Waals surface area contributed by atoms with Crippen molar-refractivity contribution in [3.05, 3.63) is 35.4 Å². The van der Waals surface area contributed by atoms with E-state index in [9.17, 15) is 19.2 Å². The maximum Gasteiger partial charge on any atom is 0.326 e. The number of esters is 1. The summed E-state index contributed by atoms with van der Waals surface area (Å²) in [5.41, 5.74) is 6.19. The Morgan fingerprint density at radius 2 is 1.88 bits per heavy atom. The van der Waals surface area contributed by atoms with Gasteiger partial charge in [-0.05, 0) is 25.0 Å². The Hall–Kier alpha value is -2.90. The second-order valence-corrected chi connectivity index (χ2v) is 5.56. The number of carbonyl (C=O) groups excluding carboxylic acids is 4. The van der Waals surface area contributed by atoms with Gasteiger partial charge in [-0.3, -0.25) is 19.7 Å². The summed E-state index contributed by atoms with van der Waals surface area (Å²) in [5, 5.41) is 4.27. The highest BCUT2D eigenvalue weighted by molar-refractivity contribution is 5.98. The molecule has 1 rings (SSSR count). The Kier molecular flexibility index (Phi) is 6.91. The molecule has 0 spiro atoms. The van der Waals surface area contributed by atoms with Gasteiger partial charge in [-0.15, -0.1) is 0 Å². The Morgan fingerprint density at radius 3 is 2.42 bits per heavy atom. The van der Waals surface area contributed by atoms with Gasteiger partial charge in [-0.25, -0.2) is 4.79 Å². The van der Waals surface area contributed by atoms with Gasteiger partial charge in [0.05, 0.1) is 0 Å². The lowest BCUT2D eigenvalue weighted by molar-refractivity contribution is -0.157. The molecule has 1 atom stereocenters. The first kappa shape index (κ1) is 19.1. The van der Waals surface area contributed by atoms with Crippen LogP contribution in [0.2, 0.25) is 0 Å². The van der Waals surface area contributed by atoms with Crippen LogP contribution in [-0.2, 0) is 14.3 Å². The zero-order chi connectivity index (χ0) is 18.3. The molecule has 0 aliphatic rings. The fourth-order valence-corrected chi connectivity index (χ4v) is 1.91. The van der Waals surface area contributed by atoms with Crippen molar-refractivity contribution < 1.29 is 23.9 Å². The molecule has 8 nitrogen and oxygen atoms in total. The predicted molar refractivity (Wildman–Crippen MR) is 86.0 cm³/mol. The Morgan fingerprint density at radius 1 is 1.21 bits per heavy atom. The monoisotopic (exact) mass is 335 g/mol. The molecule has 0 aliphatic heterocycles. The number of primary amides is 1. The molecular weight excluding hydrogens is 314 g/mol. The number of nitrogens with two attached hydrogens (primary N) is 1. The van der Waals surface area contributed by atoms with Crippen molar-refractivity contribution in [2.45, 2.75) is 26.9 Å². The Bertz CT molecular complexity index is 642. The molecule has 0 aliphatic carbocycles. The van der Waals surface area contributed by atoms with E-state index in [0.29, 0.717) is 5.56 Å². The topological polar surface area (TPSA) is 128 Å². The van der Waals surface area contributed by atoms with Crippen LogP contribution in [0, 0.1) is 12.8 Å². The van der Waals surface area contributed by atoms with Crippen LogP contribution in [0.3, 0.4) is 0 Å². The number of urea groups is 1. The summed E-state index contributed by atoms with van der Waals surface area (Å²) in [6, 6.07) is 5.83. The minimum atomic E-state index is -1.18. The zero-order valence-corrected chi connectivity index (χ0v) is 13.8. The minimum absolute atomic E-state index is 0.374. The molecule has 0 bridgehead atoms. The number of nitrogens with one attached hydrogen (secondary N) is 2. The first-order valence-electron chi connectivity index (χ1n) is 7.35. The highest BCUT2D eigenvalue weighted by atomic mass is 16.5. The van der Waals surface area contributed by atoms with Crippen molar-refractivity contribution in [1.82, 2.24) is 10.6 Å². The van der Waals surface area contributed by atoms with Gasteiger partial charge in [0.25, 0.3) is 11.8 Å². The number of rotatable bonds is 6. The van der Waals surface area contributed by atoms with Gasteiger partial charge in [0, 0.05) is 5.56 Å². The summed E-state index contributed by atoms with van der Waals surface area (Å²) < 4.78 is 5.01. The van der Waals surface area contributed by atoms with Gasteiger partial charge in [0.15, 0.2) is 6.10 Å². The molecule has 4 amide bonds. The maximum atomic E-state index is 11.9. The third-order valence-electron chi connectivity index (χ3n) is 3.04. The highest BCUT2D eigenvalue weighted by Gasteiger charge is 2.27. The number of carbonyl (C=O) groups is 4. The number of hydrogen-bond acceptors (Lipinski definition) is 5. The van der Waals surface area contributed by atoms with Crippen LogP contribution in [0.5, 0.6) is 0 Å². The molecule has 0 radical (unpaired) electrons. The molecule has 0 unspecified atom stereocenters. The number of amides is 4. The van der Waals surface area contributed by atoms with Crippen LogP contribution in [0.4, 0.5) is 4.79 Å². The predicted octanol–water partition coefficient (Wildman–Crippen LogP) is 0.488. The van der Waals surface area contributed by atoms with Crippen molar-refractivity contribution in [1.29, 1.82) is 0 Å². The summed E-state index contributed by atoms with van der Waals surface area (Å²) in [6.07, 6.45) is -1.18. The molecule has 1 aromatic carbocycles. The summed E-state index contributed by atoms with van der Waals surface area (Å²) in [6.45, 7) is 4.73. The molecule has 0 heterocycles. The van der Waals surface area contributed by atoms with Gasteiger partial charge in [0.2, 0.25) is 0 Å². The molecule has 4 N–H and O–H groups in total. The summed E-state index contributed by atoms with van der Waals surface area (Å²) in [5.74, 6) is -2.41. The molecular formula is C16H21N3O5. The van der Waals surface area contributed by atoms with Crippen molar-refractivity contribution in [3.63, 3.8) is 0 Å². The first-order chi connectivity index (χ1) is 11.2. The molecule has 24 heavy (non-hydrogen) atoms. The quantitative estimate of drug-likeness (QED) is 0.652. The highest BCUT2D eigenvalue weighted by Crippen LogP contribution is 2.07. The largest absolute Gasteiger partial charge is 0.451 e. The SMILES string of the molecule is Cc1cccc(C(=O)NCC(=O)O[C@@H](C(=O)NC(N)=O)C(C)C)c1. The normalized spacial score (nSPS) is 11.5. The summed E-state index contributed by atoms with van der Waals surface area (Å²) in [7, 11) is 0. The molecule has 130 valence electrons. The smallest absolute Gasteiger partial charge is 0.326 e. The second-order valence-electron chi connectivity index (χ2n) is 5.56. The van der Waals surface area contributed by atoms with Crippen LogP contribution in [-0.4, -0.2) is 36.5 Å². The summed E-state index contributed by atoms with van der Waals surface area (Å²) >= 11 is 0. The van der Waals surface area contributed by atoms with Gasteiger partial charge >= 0.3 is 12.0 Å². The fraction of sp³-hybridized carbons (Fsp3) is 0.375. The lowest BCUT2D eigenvalue weighted by Crippen LogP contribution is -2.46. The van der Waals surface area contributed by atoms with Gasteiger partial charge in [0.1, 0.15) is 6.54 Å². The van der Waals surface area contributed by atoms with Crippen molar-refractivity contribution in [3.8, 4) is 0 Å². The van der Waals surface area contributed by atoms with Crippen LogP contribution in [0.25, 0.3) is 0 Å². The Balaban J connectivity index is 2.58. The van der Waals surface area contributed by atoms with Crippen LogP contribution in [0.1, 0.15) is 29.8 Å². The molecule has 0 saturated heterocycles. The molecule has 0 aromatic heterocycles. The number of hydrogen-bond donors (Lipinski definition) is 3. The first-order valence-corrected chi connectivity index (χ1v) is 7.35. The van der Waals surface area contributed by atoms with Crippen LogP contribution in [0.15, 0.2) is 24.3 Å². The number of imide groups is 1. The average molecular weight is 335 g/mol. The third-order valence-corrected chi connectivity index (χ3v) is 3.04. The molecule has 8 heteroatoms. The van der Waals surface area contributed by atoms with E-state index in [4.69, 9.17) is 10.5 Å². The van der Waals surface area contributed by atoms with E-state index < -0.39 is 36.5 Å². The van der Waals surface area contributed by atoms with Gasteiger partial charge in [-0.2, -0.15) is 0 Å². The minimum Gasteiger partial charge on any atom is -0.451 e. The van der Waals surface area contributed by atoms with E-state index in [1.54, 1.807) is 32.0 Å². The number of aryl methyl sites for hydroxylation is 1. The second kappa shape index (κ2) is 8.66. The van der Waals surface area contributed by atoms with Crippen LogP contribution >= 0.6 is 0 Å². The third kappa shape index (κ3) is 6.07. The van der Waals surface area contributed by atoms with E-state index in [-0.39, 0.29) is 5.92 Å². The van der Waals surface area contributed by atoms with Crippen molar-refractivity contribution >= 4 is 23.8 Å². The van der Waals surface area contributed by atoms with Gasteiger partial charge < -0.3 is 15.8 Å². The van der Waals surface area contributed by atoms with Gasteiger partial charge in [-0.1, -0.05) is 31.5 Å². The lowest BCUT2D eigenvalue weighted by Gasteiger charge is -2.19. The van der Waals surface area contributed by atoms with E-state index in [0.717, 1.165) is 5.56 Å². The van der Waals surface area contributed by atoms with Crippen molar-refractivity contribution in [2.75, 3.05) is 6.54 Å². The lowest BCUT2D eigenvalue weighted by atomic mass is 10.1. The molecule has 0 fully saturated rings. The Labute approximate surface area is 139 Å². The van der Waals surface area contributed by atoms with E-state index >= 15 is 0 Å². The van der Waals surface area contributed by atoms with Crippen molar-refractivity contribution in [2.24, 2.45) is 11.7 Å². The maximum absolute atomic E-state index is 11.9. The van der Waals surface area contributed by atoms with E-state index in [2.05, 4.69) is 5.32 Å². The van der Waals surface area contributed by atoms with E-state index in [1.165, 1.54) is 0 Å². The zero-order valence-electron chi connectivity index (χ0n) is 13.8. The van der Waals surface area contributed by atoms with E-state index in [1.807, 2.05) is 18.3 Å². The number of ether oxygens (including phenoxy) is 1. The molecule has 0 saturated carbocycles. The number of benzene rings is 1. The van der Waals surface area contributed by atoms with Crippen LogP contribution < -0.4 is 16.4 Å². The molecule has 1 aromatic rings. The average Bonchev–Trinajstić information content (AvgIpc) is 2.49. The summed E-state index contributed by atoms with van der Waals surface area (Å²) in [4.78, 5) is 46.2. The fourth-order valence-electron chi connectivity index (χ4n) is 1.91. The standard InChI is InChI=1S/C16H21N3O5/c1-9(2)13(15(22)19-16(17)23)24-12(20)8-18-14(21)11-6-4-5-10(3)7-11/h4-7,9,13H,8H2,1-3H3,(H,18,21)(H3,17,19,22,23)/t13-/m1/s1.